The normalized spacial score (nSPS) is 20.4. The van der Waals surface area contributed by atoms with E-state index in [2.05, 4.69) is 4.90 Å². The molecule has 1 heterocycles. The van der Waals surface area contributed by atoms with Crippen molar-refractivity contribution in [1.29, 1.82) is 0 Å². The van der Waals surface area contributed by atoms with Crippen LogP contribution in [0.15, 0.2) is 18.2 Å². The van der Waals surface area contributed by atoms with Gasteiger partial charge in [0.2, 0.25) is 0 Å². The molecule has 0 saturated carbocycles. The molecule has 0 aliphatic carbocycles. The molecule has 0 amide bonds. The van der Waals surface area contributed by atoms with Gasteiger partial charge >= 0.3 is 0 Å². The fourth-order valence-electron chi connectivity index (χ4n) is 2.02. The van der Waals surface area contributed by atoms with Gasteiger partial charge in [-0.2, -0.15) is 0 Å². The standard InChI is InChI=1S/C12H16ClNO2/c1-16-11-4-5-14(7-11)10-3-2-9(8-15)12(13)6-10/h2-3,6,11,15H,4-5,7-8H2,1H3. The van der Waals surface area contributed by atoms with Gasteiger partial charge in [-0.15, -0.1) is 0 Å². The Kier molecular flexibility index (Phi) is 3.69. The molecule has 1 unspecified atom stereocenters. The first-order valence-electron chi connectivity index (χ1n) is 5.41. The molecular formula is C12H16ClNO2. The van der Waals surface area contributed by atoms with Gasteiger partial charge in [0.05, 0.1) is 12.7 Å². The topological polar surface area (TPSA) is 32.7 Å². The molecule has 0 radical (unpaired) electrons. The molecule has 0 spiro atoms. The molecule has 1 aliphatic heterocycles. The van der Waals surface area contributed by atoms with Crippen LogP contribution in [-0.2, 0) is 11.3 Å². The molecule has 1 fully saturated rings. The maximum atomic E-state index is 9.04. The maximum Gasteiger partial charge on any atom is 0.0762 e. The molecule has 4 heteroatoms. The predicted molar refractivity (Wildman–Crippen MR) is 65.0 cm³/mol. The van der Waals surface area contributed by atoms with E-state index in [-0.39, 0.29) is 6.61 Å². The van der Waals surface area contributed by atoms with Gasteiger partial charge in [0, 0.05) is 30.9 Å². The van der Waals surface area contributed by atoms with Crippen LogP contribution in [0.1, 0.15) is 12.0 Å². The van der Waals surface area contributed by atoms with E-state index >= 15 is 0 Å². The number of hydrogen-bond donors (Lipinski definition) is 1. The smallest absolute Gasteiger partial charge is 0.0762 e. The van der Waals surface area contributed by atoms with Crippen LogP contribution >= 0.6 is 11.6 Å². The second-order valence-corrected chi connectivity index (χ2v) is 4.43. The van der Waals surface area contributed by atoms with Crippen molar-refractivity contribution in [2.45, 2.75) is 19.1 Å². The first-order valence-corrected chi connectivity index (χ1v) is 5.79. The summed E-state index contributed by atoms with van der Waals surface area (Å²) in [6.07, 6.45) is 1.37. The number of aliphatic hydroxyl groups is 1. The fraction of sp³-hybridized carbons (Fsp3) is 0.500. The third kappa shape index (κ3) is 2.32. The fourth-order valence-corrected chi connectivity index (χ4v) is 2.25. The van der Waals surface area contributed by atoms with E-state index in [1.165, 1.54) is 0 Å². The largest absolute Gasteiger partial charge is 0.392 e. The van der Waals surface area contributed by atoms with Crippen molar-refractivity contribution in [3.63, 3.8) is 0 Å². The summed E-state index contributed by atoms with van der Waals surface area (Å²) in [5.74, 6) is 0. The van der Waals surface area contributed by atoms with Crippen molar-refractivity contribution in [3.8, 4) is 0 Å². The monoisotopic (exact) mass is 241 g/mol. The zero-order valence-corrected chi connectivity index (χ0v) is 10.1. The number of methoxy groups -OCH3 is 1. The molecule has 16 heavy (non-hydrogen) atoms. The number of halogens is 1. The molecule has 3 nitrogen and oxygen atoms in total. The Morgan fingerprint density at radius 2 is 2.38 bits per heavy atom. The van der Waals surface area contributed by atoms with E-state index in [1.807, 2.05) is 18.2 Å². The minimum atomic E-state index is -0.0141. The quantitative estimate of drug-likeness (QED) is 0.879. The highest BCUT2D eigenvalue weighted by molar-refractivity contribution is 6.31. The number of aliphatic hydroxyl groups excluding tert-OH is 1. The highest BCUT2D eigenvalue weighted by Crippen LogP contribution is 2.26. The number of benzene rings is 1. The minimum absolute atomic E-state index is 0.0141. The van der Waals surface area contributed by atoms with Crippen molar-refractivity contribution in [3.05, 3.63) is 28.8 Å². The third-order valence-corrected chi connectivity index (χ3v) is 3.40. The van der Waals surface area contributed by atoms with Gasteiger partial charge in [-0.3, -0.25) is 0 Å². The first-order chi connectivity index (χ1) is 7.74. The van der Waals surface area contributed by atoms with Crippen LogP contribution in [0.2, 0.25) is 5.02 Å². The lowest BCUT2D eigenvalue weighted by Gasteiger charge is -2.19. The average molecular weight is 242 g/mol. The zero-order valence-electron chi connectivity index (χ0n) is 9.32. The second-order valence-electron chi connectivity index (χ2n) is 4.03. The SMILES string of the molecule is COC1CCN(c2ccc(CO)c(Cl)c2)C1. The van der Waals surface area contributed by atoms with Crippen molar-refractivity contribution >= 4 is 17.3 Å². The van der Waals surface area contributed by atoms with Gasteiger partial charge < -0.3 is 14.7 Å². The Morgan fingerprint density at radius 3 is 2.94 bits per heavy atom. The lowest BCUT2D eigenvalue weighted by molar-refractivity contribution is 0.121. The van der Waals surface area contributed by atoms with Crippen LogP contribution in [-0.4, -0.2) is 31.4 Å². The summed E-state index contributed by atoms with van der Waals surface area (Å²) < 4.78 is 5.32. The molecule has 1 atom stereocenters. The van der Waals surface area contributed by atoms with Crippen LogP contribution in [0.5, 0.6) is 0 Å². The number of nitrogens with zero attached hydrogens (tertiary/aromatic N) is 1. The maximum absolute atomic E-state index is 9.04. The summed E-state index contributed by atoms with van der Waals surface area (Å²) in [6, 6.07) is 5.78. The highest BCUT2D eigenvalue weighted by Gasteiger charge is 2.22. The summed E-state index contributed by atoms with van der Waals surface area (Å²) in [6.45, 7) is 1.89. The molecule has 0 bridgehead atoms. The van der Waals surface area contributed by atoms with E-state index in [4.69, 9.17) is 21.4 Å². The average Bonchev–Trinajstić information content (AvgIpc) is 2.77. The van der Waals surface area contributed by atoms with E-state index in [0.717, 1.165) is 30.8 Å². The lowest BCUT2D eigenvalue weighted by atomic mass is 10.2. The van der Waals surface area contributed by atoms with E-state index in [0.29, 0.717) is 11.1 Å². The molecule has 1 aliphatic rings. The van der Waals surface area contributed by atoms with E-state index in [9.17, 15) is 0 Å². The van der Waals surface area contributed by atoms with Crippen LogP contribution in [0.3, 0.4) is 0 Å². The minimum Gasteiger partial charge on any atom is -0.392 e. The Bertz CT molecular complexity index is 370. The molecule has 2 rings (SSSR count). The lowest BCUT2D eigenvalue weighted by Crippen LogP contribution is -2.22. The number of ether oxygens (including phenoxy) is 1. The van der Waals surface area contributed by atoms with Crippen LogP contribution in [0.25, 0.3) is 0 Å². The molecule has 1 aromatic rings. The van der Waals surface area contributed by atoms with Crippen molar-refractivity contribution < 1.29 is 9.84 Å². The van der Waals surface area contributed by atoms with E-state index < -0.39 is 0 Å². The summed E-state index contributed by atoms with van der Waals surface area (Å²) in [4.78, 5) is 2.25. The van der Waals surface area contributed by atoms with Gasteiger partial charge in [0.1, 0.15) is 0 Å². The van der Waals surface area contributed by atoms with Crippen LogP contribution in [0.4, 0.5) is 5.69 Å². The van der Waals surface area contributed by atoms with Crippen molar-refractivity contribution in [1.82, 2.24) is 0 Å². The van der Waals surface area contributed by atoms with Gasteiger partial charge in [0.25, 0.3) is 0 Å². The van der Waals surface area contributed by atoms with Gasteiger partial charge in [-0.25, -0.2) is 0 Å². The molecular weight excluding hydrogens is 226 g/mol. The molecule has 0 aromatic heterocycles. The second kappa shape index (κ2) is 5.04. The van der Waals surface area contributed by atoms with Crippen LogP contribution in [0, 0.1) is 0 Å². The Morgan fingerprint density at radius 1 is 1.56 bits per heavy atom. The Balaban J connectivity index is 2.13. The molecule has 1 saturated heterocycles. The molecule has 1 aromatic carbocycles. The first kappa shape index (κ1) is 11.7. The zero-order chi connectivity index (χ0) is 11.5. The van der Waals surface area contributed by atoms with Gasteiger partial charge in [-0.1, -0.05) is 17.7 Å². The molecule has 88 valence electrons. The predicted octanol–water partition coefficient (Wildman–Crippen LogP) is 2.06. The van der Waals surface area contributed by atoms with Gasteiger partial charge in [-0.05, 0) is 24.1 Å². The number of anilines is 1. The summed E-state index contributed by atoms with van der Waals surface area (Å²) in [5, 5.41) is 9.66. The van der Waals surface area contributed by atoms with E-state index in [1.54, 1.807) is 7.11 Å². The van der Waals surface area contributed by atoms with Crippen molar-refractivity contribution in [2.24, 2.45) is 0 Å². The van der Waals surface area contributed by atoms with Gasteiger partial charge in [0.15, 0.2) is 0 Å². The van der Waals surface area contributed by atoms with Crippen molar-refractivity contribution in [2.75, 3.05) is 25.1 Å². The Labute approximate surface area is 101 Å². The summed E-state index contributed by atoms with van der Waals surface area (Å²) in [7, 11) is 1.75. The highest BCUT2D eigenvalue weighted by atomic mass is 35.5. The third-order valence-electron chi connectivity index (χ3n) is 3.05. The summed E-state index contributed by atoms with van der Waals surface area (Å²) >= 11 is 6.06. The Hall–Kier alpha value is -0.770. The molecule has 1 N–H and O–H groups in total. The number of rotatable bonds is 3. The van der Waals surface area contributed by atoms with Crippen LogP contribution < -0.4 is 4.90 Å². The number of hydrogen-bond acceptors (Lipinski definition) is 3. The summed E-state index contributed by atoms with van der Waals surface area (Å²) in [5.41, 5.74) is 1.87.